The molecule has 1 atom stereocenters. The highest BCUT2D eigenvalue weighted by Gasteiger charge is 2.24. The monoisotopic (exact) mass is 489 g/mol. The molecular weight excluding hydrogens is 463 g/mol. The molecule has 4 rings (SSSR count). The van der Waals surface area contributed by atoms with Gasteiger partial charge >= 0.3 is 6.61 Å². The zero-order valence-corrected chi connectivity index (χ0v) is 19.4. The maximum Gasteiger partial charge on any atom is 0.387 e. The van der Waals surface area contributed by atoms with Gasteiger partial charge in [-0.05, 0) is 47.9 Å². The van der Waals surface area contributed by atoms with Crippen molar-refractivity contribution < 1.29 is 27.4 Å². The molecule has 0 aliphatic carbocycles. The van der Waals surface area contributed by atoms with Gasteiger partial charge in [0.25, 0.3) is 0 Å². The highest BCUT2D eigenvalue weighted by atomic mass is 19.3. The molecule has 8 nitrogen and oxygen atoms in total. The van der Waals surface area contributed by atoms with E-state index in [1.807, 2.05) is 0 Å². The molecule has 3 aromatic rings. The van der Waals surface area contributed by atoms with E-state index in [1.54, 1.807) is 6.07 Å². The van der Waals surface area contributed by atoms with Gasteiger partial charge in [-0.25, -0.2) is 9.07 Å². The first-order valence-electron chi connectivity index (χ1n) is 11.2. The summed E-state index contributed by atoms with van der Waals surface area (Å²) >= 11 is 0. The third kappa shape index (κ3) is 5.98. The summed E-state index contributed by atoms with van der Waals surface area (Å²) in [6.07, 6.45) is 1.63. The number of aromatic nitrogens is 3. The van der Waals surface area contributed by atoms with Crippen LogP contribution < -0.4 is 9.64 Å². The van der Waals surface area contributed by atoms with Crippen molar-refractivity contribution in [3.05, 3.63) is 60.0 Å². The molecule has 1 aromatic heterocycles. The van der Waals surface area contributed by atoms with Crippen LogP contribution in [0.25, 0.3) is 5.69 Å². The number of ether oxygens (including phenoxy) is 2. The molecule has 2 heterocycles. The molecule has 11 heteroatoms. The molecule has 1 saturated heterocycles. The average Bonchev–Trinajstić information content (AvgIpc) is 3.30. The van der Waals surface area contributed by atoms with Crippen LogP contribution in [0.1, 0.15) is 25.5 Å². The number of rotatable bonds is 9. The Hall–Kier alpha value is -3.44. The lowest BCUT2D eigenvalue weighted by molar-refractivity contribution is -0.106. The fraction of sp³-hybridized carbons (Fsp3) is 0.375. The normalized spacial score (nSPS) is 16.6. The maximum absolute atomic E-state index is 15.1. The summed E-state index contributed by atoms with van der Waals surface area (Å²) in [5.41, 5.74) is 1.21. The first kappa shape index (κ1) is 24.7. The minimum atomic E-state index is -2.93. The Morgan fingerprint density at radius 1 is 1.23 bits per heavy atom. The molecule has 1 aliphatic heterocycles. The Morgan fingerprint density at radius 2 is 2.00 bits per heavy atom. The van der Waals surface area contributed by atoms with Crippen LogP contribution in [-0.2, 0) is 9.53 Å². The number of hydrogen-bond donors (Lipinski definition) is 0. The second-order valence-electron chi connectivity index (χ2n) is 8.59. The van der Waals surface area contributed by atoms with Crippen LogP contribution in [0.5, 0.6) is 5.75 Å². The molecule has 186 valence electrons. The molecule has 0 unspecified atom stereocenters. The topological polar surface area (TPSA) is 72.7 Å². The number of carbonyl (C=O) groups is 1. The Labute approximate surface area is 200 Å². The van der Waals surface area contributed by atoms with E-state index in [9.17, 15) is 13.6 Å². The summed E-state index contributed by atoms with van der Waals surface area (Å²) < 4.78 is 51.3. The van der Waals surface area contributed by atoms with Crippen molar-refractivity contribution in [2.75, 3.05) is 31.1 Å². The van der Waals surface area contributed by atoms with Crippen molar-refractivity contribution in [2.45, 2.75) is 26.6 Å². The summed E-state index contributed by atoms with van der Waals surface area (Å²) in [5, 5.41) is 7.91. The van der Waals surface area contributed by atoms with Gasteiger partial charge < -0.3 is 9.47 Å². The number of carbonyl (C=O) groups excluding carboxylic acids is 1. The number of hydrogen-bond acceptors (Lipinski definition) is 6. The number of anilines is 2. The van der Waals surface area contributed by atoms with Crippen molar-refractivity contribution >= 4 is 17.9 Å². The summed E-state index contributed by atoms with van der Waals surface area (Å²) in [6, 6.07) is 10.3. The lowest BCUT2D eigenvalue weighted by atomic mass is 10.1. The van der Waals surface area contributed by atoms with Crippen LogP contribution in [0.15, 0.2) is 48.7 Å². The summed E-state index contributed by atoms with van der Waals surface area (Å²) in [6.45, 7) is 4.40. The van der Waals surface area contributed by atoms with E-state index in [-0.39, 0.29) is 23.4 Å². The number of alkyl halides is 2. The van der Waals surface area contributed by atoms with Crippen molar-refractivity contribution in [3.8, 4) is 11.4 Å². The van der Waals surface area contributed by atoms with Gasteiger partial charge in [-0.3, -0.25) is 14.6 Å². The average molecular weight is 489 g/mol. The molecule has 1 amide bonds. The van der Waals surface area contributed by atoms with E-state index in [2.05, 4.69) is 33.8 Å². The van der Waals surface area contributed by atoms with Crippen LogP contribution >= 0.6 is 0 Å². The first-order chi connectivity index (χ1) is 16.8. The van der Waals surface area contributed by atoms with E-state index in [1.165, 1.54) is 47.3 Å². The third-order valence-corrected chi connectivity index (χ3v) is 5.54. The highest BCUT2D eigenvalue weighted by Crippen LogP contribution is 2.30. The Balaban J connectivity index is 1.50. The van der Waals surface area contributed by atoms with Gasteiger partial charge in [0.15, 0.2) is 5.82 Å². The van der Waals surface area contributed by atoms with Crippen LogP contribution in [0.4, 0.5) is 24.7 Å². The highest BCUT2D eigenvalue weighted by molar-refractivity contribution is 5.84. The molecule has 0 saturated carbocycles. The van der Waals surface area contributed by atoms with Crippen molar-refractivity contribution in [1.82, 2.24) is 19.9 Å². The Kier molecular flexibility index (Phi) is 7.67. The van der Waals surface area contributed by atoms with E-state index >= 15 is 4.39 Å². The predicted octanol–water partition coefficient (Wildman–Crippen LogP) is 4.33. The number of morpholine rings is 1. The third-order valence-electron chi connectivity index (χ3n) is 5.54. The number of halogens is 3. The van der Waals surface area contributed by atoms with E-state index in [4.69, 9.17) is 4.74 Å². The van der Waals surface area contributed by atoms with E-state index in [0.717, 1.165) is 18.0 Å². The summed E-state index contributed by atoms with van der Waals surface area (Å²) in [7, 11) is 0. The van der Waals surface area contributed by atoms with Gasteiger partial charge in [0, 0.05) is 19.6 Å². The largest absolute Gasteiger partial charge is 0.435 e. The smallest absolute Gasteiger partial charge is 0.387 e. The number of nitrogens with zero attached hydrogens (tertiary/aromatic N) is 5. The molecular formula is C24H26F3N5O3. The minimum absolute atomic E-state index is 0.00459. The fourth-order valence-electron chi connectivity index (χ4n) is 4.01. The Morgan fingerprint density at radius 3 is 2.66 bits per heavy atom. The van der Waals surface area contributed by atoms with Gasteiger partial charge in [0.1, 0.15) is 11.6 Å². The number of amides is 1. The van der Waals surface area contributed by atoms with Gasteiger partial charge in [0.05, 0.1) is 30.3 Å². The van der Waals surface area contributed by atoms with Crippen LogP contribution in [0, 0.1) is 11.7 Å². The molecule has 0 N–H and O–H groups in total. The van der Waals surface area contributed by atoms with Crippen LogP contribution in [0.3, 0.4) is 0 Å². The van der Waals surface area contributed by atoms with Gasteiger partial charge in [-0.1, -0.05) is 25.1 Å². The van der Waals surface area contributed by atoms with Crippen molar-refractivity contribution in [2.24, 2.45) is 5.92 Å². The lowest BCUT2D eigenvalue weighted by Crippen LogP contribution is -2.40. The van der Waals surface area contributed by atoms with E-state index in [0.29, 0.717) is 36.7 Å². The summed E-state index contributed by atoms with van der Waals surface area (Å²) in [5.74, 6) is 0.0141. The molecule has 35 heavy (non-hydrogen) atoms. The van der Waals surface area contributed by atoms with Crippen molar-refractivity contribution in [3.63, 3.8) is 0 Å². The minimum Gasteiger partial charge on any atom is -0.435 e. The van der Waals surface area contributed by atoms with Gasteiger partial charge in [-0.15, -0.1) is 5.10 Å². The fourth-order valence-corrected chi connectivity index (χ4v) is 4.01. The zero-order valence-electron chi connectivity index (χ0n) is 19.4. The number of benzene rings is 2. The molecule has 1 fully saturated rings. The van der Waals surface area contributed by atoms with Gasteiger partial charge in [-0.2, -0.15) is 8.78 Å². The predicted molar refractivity (Wildman–Crippen MR) is 123 cm³/mol. The molecule has 0 radical (unpaired) electrons. The maximum atomic E-state index is 15.1. The van der Waals surface area contributed by atoms with Gasteiger partial charge in [0.2, 0.25) is 6.41 Å². The second kappa shape index (κ2) is 10.9. The first-order valence-corrected chi connectivity index (χ1v) is 11.2. The van der Waals surface area contributed by atoms with E-state index < -0.39 is 12.4 Å². The lowest BCUT2D eigenvalue weighted by Gasteiger charge is -2.34. The summed E-state index contributed by atoms with van der Waals surface area (Å²) in [4.78, 5) is 15.2. The standard InChI is InChI=1S/C24H26F3N5O3/c1-16(2)12-30-9-10-34-22(13-30)17-3-8-21(20(25)11-17)31(15-33)23-14-32(29-28-23)18-4-6-19(7-5-18)35-24(26)27/h3-8,11,14-16,22,24H,9-10,12-13H2,1-2H3/t22-/m1/s1. The van der Waals surface area contributed by atoms with Crippen LogP contribution in [-0.4, -0.2) is 59.2 Å². The Bertz CT molecular complexity index is 1140. The second-order valence-corrected chi connectivity index (χ2v) is 8.59. The zero-order chi connectivity index (χ0) is 24.9. The molecule has 1 aliphatic rings. The van der Waals surface area contributed by atoms with Crippen LogP contribution in [0.2, 0.25) is 0 Å². The molecule has 0 bridgehead atoms. The SMILES string of the molecule is CC(C)CN1CCO[C@@H](c2ccc(N(C=O)c3cn(-c4ccc(OC(F)F)cc4)nn3)c(F)c2)C1. The van der Waals surface area contributed by atoms with Crippen molar-refractivity contribution in [1.29, 1.82) is 0 Å². The molecule has 2 aromatic carbocycles. The molecule has 0 spiro atoms. The quantitative estimate of drug-likeness (QED) is 0.417.